The Labute approximate surface area is 182 Å². The molecule has 0 saturated heterocycles. The Balaban J connectivity index is 1.66. The van der Waals surface area contributed by atoms with Gasteiger partial charge in [-0.1, -0.05) is 49.4 Å². The summed E-state index contributed by atoms with van der Waals surface area (Å²) < 4.78 is 14.6. The highest BCUT2D eigenvalue weighted by Crippen LogP contribution is 2.24. The number of hydrogen-bond donors (Lipinski definition) is 0. The van der Waals surface area contributed by atoms with E-state index in [2.05, 4.69) is 4.98 Å². The smallest absolute Gasteiger partial charge is 0.222 e. The van der Waals surface area contributed by atoms with Crippen molar-refractivity contribution < 1.29 is 14.0 Å². The van der Waals surface area contributed by atoms with Crippen molar-refractivity contribution in [2.24, 2.45) is 0 Å². The van der Waals surface area contributed by atoms with Gasteiger partial charge in [-0.05, 0) is 42.2 Å². The van der Waals surface area contributed by atoms with Gasteiger partial charge in [0, 0.05) is 49.5 Å². The van der Waals surface area contributed by atoms with Gasteiger partial charge in [-0.3, -0.25) is 14.6 Å². The summed E-state index contributed by atoms with van der Waals surface area (Å²) in [7, 11) is 1.67. The van der Waals surface area contributed by atoms with Gasteiger partial charge < -0.3 is 4.90 Å². The number of benzene rings is 2. The molecule has 0 aliphatic carbocycles. The van der Waals surface area contributed by atoms with E-state index >= 15 is 0 Å². The summed E-state index contributed by atoms with van der Waals surface area (Å²) in [6.45, 7) is 3.97. The summed E-state index contributed by atoms with van der Waals surface area (Å²) in [5.74, 6) is -0.303. The van der Waals surface area contributed by atoms with E-state index in [4.69, 9.17) is 0 Å². The first-order valence-electron chi connectivity index (χ1n) is 10.5. The lowest BCUT2D eigenvalue weighted by Crippen LogP contribution is -2.25. The molecule has 2 aromatic carbocycles. The summed E-state index contributed by atoms with van der Waals surface area (Å²) in [5, 5.41) is 0. The van der Waals surface area contributed by atoms with Crippen molar-refractivity contribution in [3.8, 4) is 11.1 Å². The number of halogens is 1. The van der Waals surface area contributed by atoms with Crippen molar-refractivity contribution in [2.75, 3.05) is 7.05 Å². The van der Waals surface area contributed by atoms with E-state index < -0.39 is 0 Å². The summed E-state index contributed by atoms with van der Waals surface area (Å²) in [6.07, 6.45) is 3.21. The van der Waals surface area contributed by atoms with Crippen molar-refractivity contribution in [2.45, 2.75) is 39.7 Å². The van der Waals surface area contributed by atoms with Gasteiger partial charge in [0.25, 0.3) is 0 Å². The number of nitrogens with zero attached hydrogens (tertiary/aromatic N) is 2. The molecular weight excluding hydrogens is 391 g/mol. The molecular formula is C26H27FN2O2. The second kappa shape index (κ2) is 10.1. The van der Waals surface area contributed by atoms with E-state index in [1.807, 2.05) is 37.3 Å². The number of rotatable bonds is 8. The summed E-state index contributed by atoms with van der Waals surface area (Å²) in [6, 6.07) is 16.1. The van der Waals surface area contributed by atoms with E-state index in [1.54, 1.807) is 38.4 Å². The molecule has 0 fully saturated rings. The predicted molar refractivity (Wildman–Crippen MR) is 120 cm³/mol. The highest BCUT2D eigenvalue weighted by molar-refractivity contribution is 5.96. The fourth-order valence-electron chi connectivity index (χ4n) is 3.49. The molecule has 4 nitrogen and oxygen atoms in total. The Morgan fingerprint density at radius 2 is 1.71 bits per heavy atom. The van der Waals surface area contributed by atoms with Crippen molar-refractivity contribution >= 4 is 11.7 Å². The topological polar surface area (TPSA) is 50.3 Å². The van der Waals surface area contributed by atoms with E-state index in [-0.39, 0.29) is 24.1 Å². The molecule has 160 valence electrons. The minimum atomic E-state index is -0.347. The molecule has 0 aliphatic rings. The zero-order chi connectivity index (χ0) is 22.4. The molecule has 0 N–H and O–H groups in total. The monoisotopic (exact) mass is 418 g/mol. The number of aryl methyl sites for hydroxylation is 2. The molecule has 3 rings (SSSR count). The third kappa shape index (κ3) is 5.63. The van der Waals surface area contributed by atoms with Crippen LogP contribution in [-0.4, -0.2) is 28.6 Å². The molecule has 0 saturated carbocycles. The summed E-state index contributed by atoms with van der Waals surface area (Å²) in [4.78, 5) is 30.0. The van der Waals surface area contributed by atoms with Crippen LogP contribution in [0.4, 0.5) is 4.39 Å². The Hall–Kier alpha value is -3.34. The van der Waals surface area contributed by atoms with Gasteiger partial charge in [-0.15, -0.1) is 0 Å². The van der Waals surface area contributed by atoms with Crippen molar-refractivity contribution in [3.05, 3.63) is 89.0 Å². The number of ketones is 1. The molecule has 0 bridgehead atoms. The lowest BCUT2D eigenvalue weighted by molar-refractivity contribution is -0.130. The Bertz CT molecular complexity index is 1080. The fraction of sp³-hybridized carbons (Fsp3) is 0.269. The van der Waals surface area contributed by atoms with Crippen LogP contribution in [0.15, 0.2) is 60.8 Å². The van der Waals surface area contributed by atoms with Crippen molar-refractivity contribution in [1.82, 2.24) is 9.88 Å². The van der Waals surface area contributed by atoms with Gasteiger partial charge in [-0.25, -0.2) is 4.39 Å². The predicted octanol–water partition coefficient (Wildman–Crippen LogP) is 5.38. The van der Waals surface area contributed by atoms with Gasteiger partial charge in [0.1, 0.15) is 5.82 Å². The second-order valence-corrected chi connectivity index (χ2v) is 7.66. The molecule has 1 amide bonds. The summed E-state index contributed by atoms with van der Waals surface area (Å²) in [5.41, 5.74) is 4.71. The lowest BCUT2D eigenvalue weighted by Gasteiger charge is -2.17. The standard InChI is InChI=1S/C26H27FN2O2/c1-4-26(31)29(3)17-23-12-11-22(16-24(23)27)20-7-9-21(10-8-20)25(30)14-13-19-6-5-15-28-18(19)2/h5-12,15-16H,4,13-14,17H2,1-3H3. The first kappa shape index (κ1) is 22.3. The van der Waals surface area contributed by atoms with Gasteiger partial charge in [-0.2, -0.15) is 0 Å². The van der Waals surface area contributed by atoms with Crippen molar-refractivity contribution in [1.29, 1.82) is 0 Å². The van der Waals surface area contributed by atoms with Gasteiger partial charge in [0.05, 0.1) is 0 Å². The average molecular weight is 419 g/mol. The van der Waals surface area contributed by atoms with E-state index in [9.17, 15) is 14.0 Å². The maximum atomic E-state index is 14.6. The molecule has 0 aliphatic heterocycles. The van der Waals surface area contributed by atoms with Crippen LogP contribution in [0.3, 0.4) is 0 Å². The van der Waals surface area contributed by atoms with Crippen LogP contribution < -0.4 is 0 Å². The van der Waals surface area contributed by atoms with Crippen LogP contribution in [0, 0.1) is 12.7 Å². The maximum absolute atomic E-state index is 14.6. The van der Waals surface area contributed by atoms with Crippen LogP contribution in [0.2, 0.25) is 0 Å². The van der Waals surface area contributed by atoms with Gasteiger partial charge in [0.15, 0.2) is 5.78 Å². The number of Topliss-reactive ketones (excluding diaryl/α,β-unsaturated/α-hetero) is 1. The molecule has 31 heavy (non-hydrogen) atoms. The van der Waals surface area contributed by atoms with Crippen LogP contribution >= 0.6 is 0 Å². The third-order valence-electron chi connectivity index (χ3n) is 5.47. The largest absolute Gasteiger partial charge is 0.341 e. The third-order valence-corrected chi connectivity index (χ3v) is 5.47. The quantitative estimate of drug-likeness (QED) is 0.462. The maximum Gasteiger partial charge on any atom is 0.222 e. The number of amides is 1. The van der Waals surface area contributed by atoms with Crippen LogP contribution in [0.1, 0.15) is 46.9 Å². The summed E-state index contributed by atoms with van der Waals surface area (Å²) >= 11 is 0. The van der Waals surface area contributed by atoms with Crippen LogP contribution in [0.5, 0.6) is 0 Å². The molecule has 0 atom stereocenters. The zero-order valence-electron chi connectivity index (χ0n) is 18.2. The minimum absolute atomic E-state index is 0.0255. The van der Waals surface area contributed by atoms with Crippen LogP contribution in [-0.2, 0) is 17.8 Å². The average Bonchev–Trinajstić information content (AvgIpc) is 2.79. The number of hydrogen-bond acceptors (Lipinski definition) is 3. The lowest BCUT2D eigenvalue weighted by atomic mass is 9.98. The number of aromatic nitrogens is 1. The molecule has 5 heteroatoms. The number of pyridine rings is 1. The molecule has 0 radical (unpaired) electrons. The normalized spacial score (nSPS) is 10.7. The Morgan fingerprint density at radius 3 is 2.35 bits per heavy atom. The number of carbonyl (C=O) groups is 2. The first-order valence-corrected chi connectivity index (χ1v) is 10.5. The van der Waals surface area contributed by atoms with E-state index in [1.165, 1.54) is 11.0 Å². The highest BCUT2D eigenvalue weighted by Gasteiger charge is 2.12. The highest BCUT2D eigenvalue weighted by atomic mass is 19.1. The molecule has 0 spiro atoms. The SMILES string of the molecule is CCC(=O)N(C)Cc1ccc(-c2ccc(C(=O)CCc3cccnc3C)cc2)cc1F. The zero-order valence-corrected chi connectivity index (χ0v) is 18.2. The fourth-order valence-corrected chi connectivity index (χ4v) is 3.49. The Kier molecular flexibility index (Phi) is 7.29. The van der Waals surface area contributed by atoms with Gasteiger partial charge >= 0.3 is 0 Å². The Morgan fingerprint density at radius 1 is 1.00 bits per heavy atom. The molecule has 1 heterocycles. The minimum Gasteiger partial charge on any atom is -0.341 e. The first-order chi connectivity index (χ1) is 14.9. The molecule has 0 unspecified atom stereocenters. The van der Waals surface area contributed by atoms with Crippen molar-refractivity contribution in [3.63, 3.8) is 0 Å². The molecule has 3 aromatic rings. The van der Waals surface area contributed by atoms with E-state index in [0.29, 0.717) is 30.4 Å². The van der Waals surface area contributed by atoms with Crippen LogP contribution in [0.25, 0.3) is 11.1 Å². The van der Waals surface area contributed by atoms with E-state index in [0.717, 1.165) is 22.4 Å². The number of carbonyl (C=O) groups excluding carboxylic acids is 2. The van der Waals surface area contributed by atoms with Gasteiger partial charge in [0.2, 0.25) is 5.91 Å². The second-order valence-electron chi connectivity index (χ2n) is 7.66. The molecule has 1 aromatic heterocycles.